The Bertz CT molecular complexity index is 760. The molecule has 0 unspecified atom stereocenters. The van der Waals surface area contributed by atoms with Crippen LogP contribution in [0.5, 0.6) is 0 Å². The predicted molar refractivity (Wildman–Crippen MR) is 125 cm³/mol. The molecule has 0 heterocycles. The van der Waals surface area contributed by atoms with Gasteiger partial charge in [-0.15, -0.1) is 0 Å². The summed E-state index contributed by atoms with van der Waals surface area (Å²) >= 11 is 0. The summed E-state index contributed by atoms with van der Waals surface area (Å²) in [5, 5.41) is 7.83. The minimum atomic E-state index is -3.69. The van der Waals surface area contributed by atoms with Gasteiger partial charge in [-0.2, -0.15) is 0 Å². The molecule has 0 aliphatic rings. The van der Waals surface area contributed by atoms with Crippen molar-refractivity contribution in [1.82, 2.24) is 5.32 Å². The lowest BCUT2D eigenvalue weighted by Crippen LogP contribution is -2.41. The molecule has 0 aliphatic carbocycles. The zero-order valence-electron chi connectivity index (χ0n) is 18.1. The first-order valence-electron chi connectivity index (χ1n) is 10.8. The van der Waals surface area contributed by atoms with E-state index in [1.54, 1.807) is 12.1 Å². The van der Waals surface area contributed by atoms with E-state index in [1.165, 1.54) is 63.5 Å². The van der Waals surface area contributed by atoms with Crippen LogP contribution in [0.3, 0.4) is 0 Å². The predicted octanol–water partition coefficient (Wildman–Crippen LogP) is 2.97. The fraction of sp³-hybridized carbons (Fsp3) is 0.619. The Balaban J connectivity index is 2.19. The van der Waals surface area contributed by atoms with Gasteiger partial charge in [-0.05, 0) is 24.1 Å². The monoisotopic (exact) mass is 438 g/mol. The Kier molecular flexibility index (Phi) is 12.8. The van der Waals surface area contributed by atoms with E-state index in [4.69, 9.17) is 16.6 Å². The van der Waals surface area contributed by atoms with E-state index >= 15 is 0 Å². The molecule has 1 aromatic carbocycles. The van der Waals surface area contributed by atoms with Gasteiger partial charge in [0.2, 0.25) is 10.0 Å². The second-order valence-electron chi connectivity index (χ2n) is 7.46. The first-order valence-corrected chi connectivity index (χ1v) is 12.4. The lowest BCUT2D eigenvalue weighted by molar-refractivity contribution is 0.558. The lowest BCUT2D eigenvalue weighted by atomic mass is 10.1. The number of nitrogens with zero attached hydrogens (tertiary/aromatic N) is 2. The highest BCUT2D eigenvalue weighted by Crippen LogP contribution is 2.11. The number of unbranched alkanes of at least 4 members (excludes halogenated alkanes) is 9. The largest absolute Gasteiger partial charge is 0.370 e. The molecule has 0 atom stereocenters. The highest BCUT2D eigenvalue weighted by Gasteiger charge is 2.06. The number of benzene rings is 1. The Hall–Kier alpha value is -2.13. The zero-order valence-corrected chi connectivity index (χ0v) is 19.0. The molecule has 0 spiro atoms. The molecular formula is C21H38N6O2S. The van der Waals surface area contributed by atoms with Gasteiger partial charge in [-0.25, -0.2) is 18.5 Å². The Morgan fingerprint density at radius 2 is 1.33 bits per heavy atom. The van der Waals surface area contributed by atoms with Crippen molar-refractivity contribution >= 4 is 21.9 Å². The van der Waals surface area contributed by atoms with E-state index in [0.717, 1.165) is 18.4 Å². The number of hydrogen-bond donors (Lipinski definition) is 4. The molecule has 0 radical (unpaired) electrons. The maximum Gasteiger partial charge on any atom is 0.238 e. The fourth-order valence-electron chi connectivity index (χ4n) is 2.97. The number of nitrogens with one attached hydrogen (secondary N) is 1. The van der Waals surface area contributed by atoms with Crippen LogP contribution in [0.2, 0.25) is 0 Å². The average molecular weight is 439 g/mol. The fourth-order valence-corrected chi connectivity index (χ4v) is 3.49. The van der Waals surface area contributed by atoms with Gasteiger partial charge in [-0.3, -0.25) is 10.3 Å². The quantitative estimate of drug-likeness (QED) is 0.200. The first kappa shape index (κ1) is 25.9. The summed E-state index contributed by atoms with van der Waals surface area (Å²) in [7, 11) is -3.69. The van der Waals surface area contributed by atoms with Crippen LogP contribution < -0.4 is 21.9 Å². The molecule has 1 rings (SSSR count). The van der Waals surface area contributed by atoms with Gasteiger partial charge >= 0.3 is 0 Å². The number of primary sulfonamides is 1. The molecule has 1 aromatic rings. The van der Waals surface area contributed by atoms with Crippen LogP contribution in [0, 0.1) is 0 Å². The highest BCUT2D eigenvalue weighted by atomic mass is 32.2. The van der Waals surface area contributed by atoms with Crippen molar-refractivity contribution in [3.05, 3.63) is 29.8 Å². The summed E-state index contributed by atoms with van der Waals surface area (Å²) in [6.07, 6.45) is 12.8. The number of nitrogens with two attached hydrogens (primary N) is 3. The minimum absolute atomic E-state index is 0.0599. The molecule has 8 nitrogen and oxygen atoms in total. The smallest absolute Gasteiger partial charge is 0.238 e. The molecule has 0 fully saturated rings. The third kappa shape index (κ3) is 12.4. The highest BCUT2D eigenvalue weighted by molar-refractivity contribution is 7.89. The number of guanidine groups is 2. The van der Waals surface area contributed by atoms with Crippen molar-refractivity contribution in [2.75, 3.05) is 6.54 Å². The van der Waals surface area contributed by atoms with Crippen LogP contribution in [-0.4, -0.2) is 26.9 Å². The van der Waals surface area contributed by atoms with E-state index in [-0.39, 0.29) is 23.4 Å². The SMILES string of the molecule is CCCCCCCCCCCCN=C(N)NC(N)=NCc1ccc(S(N)(=O)=O)cc1. The van der Waals surface area contributed by atoms with Crippen molar-refractivity contribution in [2.24, 2.45) is 26.6 Å². The number of aliphatic imine (C=N–C) groups is 2. The molecule has 0 bridgehead atoms. The van der Waals surface area contributed by atoms with Gasteiger partial charge in [0.15, 0.2) is 11.9 Å². The molecule has 0 saturated heterocycles. The number of sulfonamides is 1. The lowest BCUT2D eigenvalue weighted by Gasteiger charge is -2.06. The van der Waals surface area contributed by atoms with Gasteiger partial charge < -0.3 is 11.5 Å². The summed E-state index contributed by atoms with van der Waals surface area (Å²) < 4.78 is 22.5. The van der Waals surface area contributed by atoms with Crippen LogP contribution in [-0.2, 0) is 16.6 Å². The Labute approximate surface area is 181 Å². The summed E-state index contributed by atoms with van der Waals surface area (Å²) in [5.74, 6) is 0.409. The van der Waals surface area contributed by atoms with E-state index in [1.807, 2.05) is 0 Å². The van der Waals surface area contributed by atoms with E-state index < -0.39 is 10.0 Å². The first-order chi connectivity index (χ1) is 14.3. The van der Waals surface area contributed by atoms with Crippen molar-refractivity contribution < 1.29 is 8.42 Å². The third-order valence-corrected chi connectivity index (χ3v) is 5.66. The van der Waals surface area contributed by atoms with Crippen molar-refractivity contribution in [1.29, 1.82) is 0 Å². The maximum atomic E-state index is 11.2. The van der Waals surface area contributed by atoms with Gasteiger partial charge in [-0.1, -0.05) is 76.8 Å². The maximum absolute atomic E-state index is 11.2. The Morgan fingerprint density at radius 3 is 1.87 bits per heavy atom. The van der Waals surface area contributed by atoms with Crippen LogP contribution in [0.15, 0.2) is 39.1 Å². The number of hydrogen-bond acceptors (Lipinski definition) is 4. The average Bonchev–Trinajstić information content (AvgIpc) is 2.70. The molecule has 0 saturated carbocycles. The van der Waals surface area contributed by atoms with Gasteiger partial charge in [0.1, 0.15) is 0 Å². The van der Waals surface area contributed by atoms with Crippen molar-refractivity contribution in [3.8, 4) is 0 Å². The normalized spacial score (nSPS) is 12.9. The van der Waals surface area contributed by atoms with E-state index in [2.05, 4.69) is 22.2 Å². The zero-order chi connectivity index (χ0) is 22.2. The Morgan fingerprint density at radius 1 is 0.833 bits per heavy atom. The molecule has 0 aromatic heterocycles. The van der Waals surface area contributed by atoms with Crippen LogP contribution >= 0.6 is 0 Å². The molecule has 170 valence electrons. The van der Waals surface area contributed by atoms with Gasteiger partial charge in [0, 0.05) is 6.54 Å². The van der Waals surface area contributed by atoms with Crippen LogP contribution in [0.1, 0.15) is 76.7 Å². The van der Waals surface area contributed by atoms with Crippen LogP contribution in [0.4, 0.5) is 0 Å². The number of rotatable bonds is 14. The second-order valence-corrected chi connectivity index (χ2v) is 9.03. The topological polar surface area (TPSA) is 149 Å². The molecule has 0 aliphatic heterocycles. The standard InChI is InChI=1S/C21H38N6O2S/c1-2-3-4-5-6-7-8-9-10-11-16-25-20(22)27-21(23)26-17-18-12-14-19(15-13-18)30(24,28)29/h12-15H,2-11,16-17H2,1H3,(H2,24,28,29)(H5,22,23,25,26,27). The van der Waals surface area contributed by atoms with E-state index in [9.17, 15) is 8.42 Å². The molecule has 0 amide bonds. The molecule has 7 N–H and O–H groups in total. The summed E-state index contributed by atoms with van der Waals surface area (Å²) in [6.45, 7) is 3.19. The minimum Gasteiger partial charge on any atom is -0.370 e. The summed E-state index contributed by atoms with van der Waals surface area (Å²) in [6, 6.07) is 6.15. The molecule has 9 heteroatoms. The summed E-state index contributed by atoms with van der Waals surface area (Å²) in [5.41, 5.74) is 12.4. The van der Waals surface area contributed by atoms with E-state index in [0.29, 0.717) is 6.54 Å². The van der Waals surface area contributed by atoms with Crippen molar-refractivity contribution in [3.63, 3.8) is 0 Å². The van der Waals surface area contributed by atoms with Crippen LogP contribution in [0.25, 0.3) is 0 Å². The third-order valence-electron chi connectivity index (χ3n) is 4.73. The molecular weight excluding hydrogens is 400 g/mol. The molecule has 30 heavy (non-hydrogen) atoms. The summed E-state index contributed by atoms with van der Waals surface area (Å²) in [4.78, 5) is 8.50. The second kappa shape index (κ2) is 14.8. The van der Waals surface area contributed by atoms with Gasteiger partial charge in [0.25, 0.3) is 0 Å². The van der Waals surface area contributed by atoms with Crippen molar-refractivity contribution in [2.45, 2.75) is 82.6 Å². The van der Waals surface area contributed by atoms with Gasteiger partial charge in [0.05, 0.1) is 11.4 Å².